The second-order valence-electron chi connectivity index (χ2n) is 5.53. The SMILES string of the molecule is CCc1ccc(C(=O)CSc2nnc(C)n2-c2ccc(C)cc2)s1. The van der Waals surface area contributed by atoms with Crippen LogP contribution >= 0.6 is 23.1 Å². The van der Waals surface area contributed by atoms with Crippen molar-refractivity contribution in [3.63, 3.8) is 0 Å². The lowest BCUT2D eigenvalue weighted by molar-refractivity contribution is 0.102. The van der Waals surface area contributed by atoms with E-state index in [9.17, 15) is 4.79 Å². The predicted octanol–water partition coefficient (Wildman–Crippen LogP) is 4.48. The third-order valence-corrected chi connectivity index (χ3v) is 5.90. The zero-order valence-corrected chi connectivity index (χ0v) is 15.6. The second-order valence-corrected chi connectivity index (χ2v) is 7.64. The third-order valence-electron chi connectivity index (χ3n) is 3.70. The van der Waals surface area contributed by atoms with Gasteiger partial charge in [0.1, 0.15) is 5.82 Å². The predicted molar refractivity (Wildman–Crippen MR) is 99.6 cm³/mol. The van der Waals surface area contributed by atoms with Crippen molar-refractivity contribution in [1.29, 1.82) is 0 Å². The number of rotatable bonds is 6. The molecule has 0 aliphatic heterocycles. The summed E-state index contributed by atoms with van der Waals surface area (Å²) in [4.78, 5) is 14.4. The largest absolute Gasteiger partial charge is 0.292 e. The van der Waals surface area contributed by atoms with Crippen molar-refractivity contribution in [3.8, 4) is 5.69 Å². The molecule has 0 spiro atoms. The number of aromatic nitrogens is 3. The van der Waals surface area contributed by atoms with E-state index in [0.29, 0.717) is 5.75 Å². The summed E-state index contributed by atoms with van der Waals surface area (Å²) >= 11 is 3.01. The highest BCUT2D eigenvalue weighted by molar-refractivity contribution is 7.99. The average Bonchev–Trinajstić information content (AvgIpc) is 3.20. The van der Waals surface area contributed by atoms with E-state index >= 15 is 0 Å². The normalized spacial score (nSPS) is 11.0. The van der Waals surface area contributed by atoms with Gasteiger partial charge in [0.25, 0.3) is 0 Å². The molecular weight excluding hydrogens is 338 g/mol. The number of hydrogen-bond donors (Lipinski definition) is 0. The fourth-order valence-electron chi connectivity index (χ4n) is 2.35. The van der Waals surface area contributed by atoms with Gasteiger partial charge >= 0.3 is 0 Å². The molecule has 0 bridgehead atoms. The molecule has 1 aromatic carbocycles. The van der Waals surface area contributed by atoms with Gasteiger partial charge in [0.2, 0.25) is 0 Å². The second kappa shape index (κ2) is 7.32. The number of carbonyl (C=O) groups is 1. The molecule has 3 aromatic rings. The number of hydrogen-bond acceptors (Lipinski definition) is 5. The highest BCUT2D eigenvalue weighted by atomic mass is 32.2. The van der Waals surface area contributed by atoms with Crippen LogP contribution < -0.4 is 0 Å². The van der Waals surface area contributed by atoms with E-state index in [-0.39, 0.29) is 5.78 Å². The first-order chi connectivity index (χ1) is 11.6. The summed E-state index contributed by atoms with van der Waals surface area (Å²) < 4.78 is 1.99. The highest BCUT2D eigenvalue weighted by Gasteiger charge is 2.15. The van der Waals surface area contributed by atoms with E-state index in [4.69, 9.17) is 0 Å². The molecule has 0 unspecified atom stereocenters. The maximum atomic E-state index is 12.4. The van der Waals surface area contributed by atoms with E-state index < -0.39 is 0 Å². The molecule has 6 heteroatoms. The molecule has 0 saturated carbocycles. The summed E-state index contributed by atoms with van der Waals surface area (Å²) in [5.41, 5.74) is 2.22. The van der Waals surface area contributed by atoms with Gasteiger partial charge in [0, 0.05) is 10.6 Å². The van der Waals surface area contributed by atoms with Crippen LogP contribution in [0.3, 0.4) is 0 Å². The summed E-state index contributed by atoms with van der Waals surface area (Å²) in [5.74, 6) is 1.33. The van der Waals surface area contributed by atoms with Gasteiger partial charge in [-0.05, 0) is 44.5 Å². The van der Waals surface area contributed by atoms with Crippen molar-refractivity contribution < 1.29 is 4.79 Å². The average molecular weight is 358 g/mol. The number of benzene rings is 1. The van der Waals surface area contributed by atoms with Gasteiger partial charge < -0.3 is 0 Å². The Balaban J connectivity index is 1.76. The molecule has 3 rings (SSSR count). The van der Waals surface area contributed by atoms with Crippen molar-refractivity contribution in [2.24, 2.45) is 0 Å². The standard InChI is InChI=1S/C18H19N3OS2/c1-4-15-9-10-17(24-15)16(22)11-23-18-20-19-13(3)21(18)14-7-5-12(2)6-8-14/h5-10H,4,11H2,1-3H3. The Hall–Kier alpha value is -1.92. The molecule has 0 fully saturated rings. The lowest BCUT2D eigenvalue weighted by atomic mass is 10.2. The van der Waals surface area contributed by atoms with E-state index in [1.807, 2.05) is 35.8 Å². The molecule has 4 nitrogen and oxygen atoms in total. The quantitative estimate of drug-likeness (QED) is 0.482. The molecule has 2 heterocycles. The number of Topliss-reactive ketones (excluding diaryl/α,β-unsaturated/α-hetero) is 1. The number of aryl methyl sites for hydroxylation is 3. The monoisotopic (exact) mass is 357 g/mol. The minimum atomic E-state index is 0.140. The molecule has 2 aromatic heterocycles. The van der Waals surface area contributed by atoms with Crippen LogP contribution in [0.15, 0.2) is 41.6 Å². The van der Waals surface area contributed by atoms with Gasteiger partial charge in [0.05, 0.1) is 10.6 Å². The molecule has 0 atom stereocenters. The maximum absolute atomic E-state index is 12.4. The van der Waals surface area contributed by atoms with Gasteiger partial charge in [-0.25, -0.2) is 0 Å². The minimum Gasteiger partial charge on any atom is -0.292 e. The van der Waals surface area contributed by atoms with E-state index in [2.05, 4.69) is 36.2 Å². The lowest BCUT2D eigenvalue weighted by Crippen LogP contribution is -2.03. The lowest BCUT2D eigenvalue weighted by Gasteiger charge is -2.08. The molecular formula is C18H19N3OS2. The Labute approximate surface area is 149 Å². The minimum absolute atomic E-state index is 0.140. The molecule has 0 amide bonds. The zero-order chi connectivity index (χ0) is 17.1. The first-order valence-electron chi connectivity index (χ1n) is 7.82. The Bertz CT molecular complexity index is 850. The van der Waals surface area contributed by atoms with Crippen molar-refractivity contribution in [2.45, 2.75) is 32.3 Å². The molecule has 0 aliphatic carbocycles. The van der Waals surface area contributed by atoms with Gasteiger partial charge in [-0.1, -0.05) is 36.4 Å². The van der Waals surface area contributed by atoms with Crippen LogP contribution in [0.1, 0.15) is 32.9 Å². The summed E-state index contributed by atoms with van der Waals surface area (Å²) in [5, 5.41) is 9.14. The Morgan fingerprint density at radius 3 is 2.54 bits per heavy atom. The number of nitrogens with zero attached hydrogens (tertiary/aromatic N) is 3. The van der Waals surface area contributed by atoms with Crippen LogP contribution in [-0.4, -0.2) is 26.3 Å². The van der Waals surface area contributed by atoms with Crippen LogP contribution in [-0.2, 0) is 6.42 Å². The van der Waals surface area contributed by atoms with Crippen LogP contribution in [0.4, 0.5) is 0 Å². The highest BCUT2D eigenvalue weighted by Crippen LogP contribution is 2.25. The number of ketones is 1. The first-order valence-corrected chi connectivity index (χ1v) is 9.62. The fourth-order valence-corrected chi connectivity index (χ4v) is 4.20. The van der Waals surface area contributed by atoms with Crippen LogP contribution in [0.25, 0.3) is 5.69 Å². The topological polar surface area (TPSA) is 47.8 Å². The van der Waals surface area contributed by atoms with E-state index in [0.717, 1.165) is 28.0 Å². The van der Waals surface area contributed by atoms with E-state index in [1.165, 1.54) is 22.2 Å². The number of thiophene rings is 1. The van der Waals surface area contributed by atoms with Crippen LogP contribution in [0.2, 0.25) is 0 Å². The molecule has 0 aliphatic rings. The molecule has 24 heavy (non-hydrogen) atoms. The van der Waals surface area contributed by atoms with Crippen LogP contribution in [0, 0.1) is 13.8 Å². The third kappa shape index (κ3) is 3.60. The Kier molecular flexibility index (Phi) is 5.16. The van der Waals surface area contributed by atoms with Crippen molar-refractivity contribution >= 4 is 28.9 Å². The van der Waals surface area contributed by atoms with Gasteiger partial charge in [-0.15, -0.1) is 21.5 Å². The molecule has 0 saturated heterocycles. The summed E-state index contributed by atoms with van der Waals surface area (Å²) in [6.45, 7) is 6.08. The zero-order valence-electron chi connectivity index (χ0n) is 13.9. The number of carbonyl (C=O) groups excluding carboxylic acids is 1. The van der Waals surface area contributed by atoms with Gasteiger partial charge in [-0.2, -0.15) is 0 Å². The summed E-state index contributed by atoms with van der Waals surface area (Å²) in [6, 6.07) is 12.2. The maximum Gasteiger partial charge on any atom is 0.196 e. The molecule has 0 radical (unpaired) electrons. The van der Waals surface area contributed by atoms with Crippen molar-refractivity contribution in [2.75, 3.05) is 5.75 Å². The van der Waals surface area contributed by atoms with Crippen LogP contribution in [0.5, 0.6) is 0 Å². The first kappa shape index (κ1) is 16.9. The van der Waals surface area contributed by atoms with E-state index in [1.54, 1.807) is 11.3 Å². The Morgan fingerprint density at radius 1 is 1.12 bits per heavy atom. The van der Waals surface area contributed by atoms with Gasteiger partial charge in [-0.3, -0.25) is 9.36 Å². The Morgan fingerprint density at radius 2 is 1.88 bits per heavy atom. The smallest absolute Gasteiger partial charge is 0.196 e. The van der Waals surface area contributed by atoms with Gasteiger partial charge in [0.15, 0.2) is 10.9 Å². The van der Waals surface area contributed by atoms with Crippen molar-refractivity contribution in [1.82, 2.24) is 14.8 Å². The summed E-state index contributed by atoms with van der Waals surface area (Å²) in [7, 11) is 0. The molecule has 124 valence electrons. The summed E-state index contributed by atoms with van der Waals surface area (Å²) in [6.07, 6.45) is 0.964. The number of thioether (sulfide) groups is 1. The molecule has 0 N–H and O–H groups in total. The van der Waals surface area contributed by atoms with Crippen molar-refractivity contribution in [3.05, 3.63) is 57.5 Å². The fraction of sp³-hybridized carbons (Fsp3) is 0.278.